The molecule has 3 aromatic rings. The number of fused-ring (bicyclic) bond motifs is 1. The Bertz CT molecular complexity index is 1040. The van der Waals surface area contributed by atoms with Gasteiger partial charge in [-0.1, -0.05) is 60.7 Å². The fraction of sp³-hybridized carbons (Fsp3) is 0.333. The smallest absolute Gasteiger partial charge is 0.237 e. The molecule has 1 amide bonds. The Hall–Kier alpha value is -3.18. The number of benzene rings is 2. The Kier molecular flexibility index (Phi) is 6.17. The van der Waals surface area contributed by atoms with E-state index < -0.39 is 0 Å². The minimum absolute atomic E-state index is 0.235. The van der Waals surface area contributed by atoms with Gasteiger partial charge in [0.25, 0.3) is 0 Å². The number of aromatic nitrogens is 1. The molecule has 0 bridgehead atoms. The zero-order valence-corrected chi connectivity index (χ0v) is 18.4. The summed E-state index contributed by atoms with van der Waals surface area (Å²) in [7, 11) is 0. The summed E-state index contributed by atoms with van der Waals surface area (Å²) in [5, 5.41) is 3.43. The van der Waals surface area contributed by atoms with E-state index in [-0.39, 0.29) is 11.8 Å². The van der Waals surface area contributed by atoms with Crippen LogP contribution in [-0.4, -0.2) is 53.4 Å². The third-order valence-electron chi connectivity index (χ3n) is 6.71. The van der Waals surface area contributed by atoms with Gasteiger partial charge in [-0.25, -0.2) is 4.98 Å². The van der Waals surface area contributed by atoms with Crippen LogP contribution < -0.4 is 5.32 Å². The summed E-state index contributed by atoms with van der Waals surface area (Å²) in [5.41, 5.74) is 3.89. The van der Waals surface area contributed by atoms with Crippen LogP contribution in [0.1, 0.15) is 29.0 Å². The number of likely N-dealkylation sites (tertiary alicyclic amines) is 1. The van der Waals surface area contributed by atoms with Crippen LogP contribution in [-0.2, 0) is 11.3 Å². The van der Waals surface area contributed by atoms with Crippen molar-refractivity contribution in [2.75, 3.05) is 38.0 Å². The van der Waals surface area contributed by atoms with Gasteiger partial charge in [-0.3, -0.25) is 9.69 Å². The summed E-state index contributed by atoms with van der Waals surface area (Å²) >= 11 is 0. The molecule has 0 aliphatic carbocycles. The van der Waals surface area contributed by atoms with Crippen LogP contribution in [0.2, 0.25) is 0 Å². The van der Waals surface area contributed by atoms with Crippen LogP contribution in [0.4, 0.5) is 5.82 Å². The molecule has 2 aromatic carbocycles. The first-order chi connectivity index (χ1) is 15.8. The molecule has 5 heteroatoms. The zero-order chi connectivity index (χ0) is 21.8. The first kappa shape index (κ1) is 20.7. The van der Waals surface area contributed by atoms with Crippen molar-refractivity contribution >= 4 is 11.7 Å². The SMILES string of the molecule is O=C(CN1CCC(CNc2ccccn2)C1)N1Cc2ccccc2C(c2ccccc2)C1. The molecule has 32 heavy (non-hydrogen) atoms. The topological polar surface area (TPSA) is 48.5 Å². The van der Waals surface area contributed by atoms with Gasteiger partial charge in [-0.05, 0) is 47.7 Å². The van der Waals surface area contributed by atoms with Gasteiger partial charge in [0.1, 0.15) is 5.82 Å². The zero-order valence-electron chi connectivity index (χ0n) is 18.4. The van der Waals surface area contributed by atoms with Crippen LogP contribution in [0, 0.1) is 5.92 Å². The second-order valence-electron chi connectivity index (χ2n) is 8.92. The molecule has 5 nitrogen and oxygen atoms in total. The Morgan fingerprint density at radius 2 is 1.78 bits per heavy atom. The summed E-state index contributed by atoms with van der Waals surface area (Å²) in [6.07, 6.45) is 2.92. The molecule has 1 fully saturated rings. The summed E-state index contributed by atoms with van der Waals surface area (Å²) < 4.78 is 0. The molecular weight excluding hydrogens is 396 g/mol. The van der Waals surface area contributed by atoms with Crippen molar-refractivity contribution in [1.29, 1.82) is 0 Å². The highest BCUT2D eigenvalue weighted by Crippen LogP contribution is 2.33. The molecule has 164 valence electrons. The van der Waals surface area contributed by atoms with E-state index in [1.807, 2.05) is 24.3 Å². The van der Waals surface area contributed by atoms with Crippen LogP contribution in [0.15, 0.2) is 79.0 Å². The average molecular weight is 427 g/mol. The minimum atomic E-state index is 0.235. The molecule has 2 atom stereocenters. The highest BCUT2D eigenvalue weighted by Gasteiger charge is 2.31. The maximum atomic E-state index is 13.3. The van der Waals surface area contributed by atoms with E-state index in [2.05, 4.69) is 68.6 Å². The van der Waals surface area contributed by atoms with E-state index in [9.17, 15) is 4.79 Å². The number of hydrogen-bond donors (Lipinski definition) is 1. The fourth-order valence-electron chi connectivity index (χ4n) is 5.00. The molecule has 3 heterocycles. The number of carbonyl (C=O) groups is 1. The van der Waals surface area contributed by atoms with E-state index in [0.29, 0.717) is 19.0 Å². The second kappa shape index (κ2) is 9.53. The van der Waals surface area contributed by atoms with E-state index in [1.165, 1.54) is 16.7 Å². The number of rotatable bonds is 6. The lowest BCUT2D eigenvalue weighted by atomic mass is 9.84. The maximum Gasteiger partial charge on any atom is 0.237 e. The largest absolute Gasteiger partial charge is 0.370 e. The van der Waals surface area contributed by atoms with Gasteiger partial charge in [0.2, 0.25) is 5.91 Å². The van der Waals surface area contributed by atoms with Crippen molar-refractivity contribution < 1.29 is 4.79 Å². The molecule has 1 N–H and O–H groups in total. The minimum Gasteiger partial charge on any atom is -0.370 e. The molecule has 2 aliphatic heterocycles. The van der Waals surface area contributed by atoms with Gasteiger partial charge in [0.15, 0.2) is 0 Å². The summed E-state index contributed by atoms with van der Waals surface area (Å²) in [5.74, 6) is 1.93. The van der Waals surface area contributed by atoms with Crippen molar-refractivity contribution in [3.05, 3.63) is 95.7 Å². The van der Waals surface area contributed by atoms with Crippen molar-refractivity contribution in [2.24, 2.45) is 5.92 Å². The van der Waals surface area contributed by atoms with E-state index in [1.54, 1.807) is 6.20 Å². The first-order valence-corrected chi connectivity index (χ1v) is 11.5. The van der Waals surface area contributed by atoms with E-state index >= 15 is 0 Å². The summed E-state index contributed by atoms with van der Waals surface area (Å²) in [6.45, 7) is 4.79. The molecule has 0 saturated carbocycles. The molecule has 1 saturated heterocycles. The quantitative estimate of drug-likeness (QED) is 0.648. The number of nitrogens with one attached hydrogen (secondary N) is 1. The van der Waals surface area contributed by atoms with Gasteiger partial charge in [-0.15, -0.1) is 0 Å². The predicted molar refractivity (Wildman–Crippen MR) is 127 cm³/mol. The first-order valence-electron chi connectivity index (χ1n) is 11.5. The fourth-order valence-corrected chi connectivity index (χ4v) is 5.00. The van der Waals surface area contributed by atoms with Gasteiger partial charge < -0.3 is 10.2 Å². The van der Waals surface area contributed by atoms with Gasteiger partial charge in [-0.2, -0.15) is 0 Å². The van der Waals surface area contributed by atoms with Gasteiger partial charge in [0.05, 0.1) is 6.54 Å². The number of carbonyl (C=O) groups excluding carboxylic acids is 1. The standard InChI is InChI=1S/C27H30N4O/c32-27(20-30-15-13-21(17-30)16-29-26-12-6-7-14-28-26)31-18-23-10-4-5-11-24(23)25(19-31)22-8-2-1-3-9-22/h1-12,14,21,25H,13,15-20H2,(H,28,29). The lowest BCUT2D eigenvalue weighted by molar-refractivity contribution is -0.133. The molecule has 1 aromatic heterocycles. The van der Waals surface area contributed by atoms with Crippen molar-refractivity contribution in [3.8, 4) is 0 Å². The second-order valence-corrected chi connectivity index (χ2v) is 8.92. The maximum absolute atomic E-state index is 13.3. The molecule has 0 spiro atoms. The molecule has 5 rings (SSSR count). The lowest BCUT2D eigenvalue weighted by Crippen LogP contribution is -2.43. The van der Waals surface area contributed by atoms with E-state index in [4.69, 9.17) is 0 Å². The third kappa shape index (κ3) is 4.68. The molecular formula is C27H30N4O. The Morgan fingerprint density at radius 3 is 2.62 bits per heavy atom. The van der Waals surface area contributed by atoms with Crippen molar-refractivity contribution in [1.82, 2.24) is 14.8 Å². The predicted octanol–water partition coefficient (Wildman–Crippen LogP) is 3.99. The number of amides is 1. The van der Waals surface area contributed by atoms with Crippen LogP contribution >= 0.6 is 0 Å². The number of nitrogens with zero attached hydrogens (tertiary/aromatic N) is 3. The van der Waals surface area contributed by atoms with Crippen molar-refractivity contribution in [2.45, 2.75) is 18.9 Å². The highest BCUT2D eigenvalue weighted by molar-refractivity contribution is 5.79. The Morgan fingerprint density at radius 1 is 0.969 bits per heavy atom. The number of pyridine rings is 1. The summed E-state index contributed by atoms with van der Waals surface area (Å²) in [6, 6.07) is 25.1. The number of anilines is 1. The van der Waals surface area contributed by atoms with Crippen LogP contribution in [0.3, 0.4) is 0 Å². The molecule has 2 aliphatic rings. The van der Waals surface area contributed by atoms with Crippen LogP contribution in [0.25, 0.3) is 0 Å². The third-order valence-corrected chi connectivity index (χ3v) is 6.71. The van der Waals surface area contributed by atoms with E-state index in [0.717, 1.165) is 38.4 Å². The monoisotopic (exact) mass is 426 g/mol. The number of hydrogen-bond acceptors (Lipinski definition) is 4. The Labute approximate surface area is 190 Å². The normalized spacial score (nSPS) is 20.7. The molecule has 0 radical (unpaired) electrons. The molecule has 2 unspecified atom stereocenters. The van der Waals surface area contributed by atoms with Crippen molar-refractivity contribution in [3.63, 3.8) is 0 Å². The Balaban J connectivity index is 1.20. The highest BCUT2D eigenvalue weighted by atomic mass is 16.2. The van der Waals surface area contributed by atoms with Crippen LogP contribution in [0.5, 0.6) is 0 Å². The van der Waals surface area contributed by atoms with Gasteiger partial charge in [0, 0.05) is 38.3 Å². The van der Waals surface area contributed by atoms with Gasteiger partial charge >= 0.3 is 0 Å². The lowest BCUT2D eigenvalue weighted by Gasteiger charge is -2.36. The average Bonchev–Trinajstić information content (AvgIpc) is 3.30. The summed E-state index contributed by atoms with van der Waals surface area (Å²) in [4.78, 5) is 22.0.